The molecule has 3 nitrogen and oxygen atoms in total. The highest BCUT2D eigenvalue weighted by Crippen LogP contribution is 2.26. The Morgan fingerprint density at radius 2 is 2.21 bits per heavy atom. The summed E-state index contributed by atoms with van der Waals surface area (Å²) >= 11 is 10.4. The van der Waals surface area contributed by atoms with Crippen molar-refractivity contribution in [1.82, 2.24) is 14.8 Å². The summed E-state index contributed by atoms with van der Waals surface area (Å²) in [6, 6.07) is 4.80. The Morgan fingerprint density at radius 1 is 1.42 bits per heavy atom. The molecule has 0 atom stereocenters. The lowest BCUT2D eigenvalue weighted by molar-refractivity contribution is 0.621. The molecule has 0 aliphatic heterocycles. The minimum atomic E-state index is -0.289. The van der Waals surface area contributed by atoms with Gasteiger partial charge in [-0.1, -0.05) is 11.8 Å². The van der Waals surface area contributed by atoms with Crippen LogP contribution in [0.2, 0.25) is 0 Å². The number of rotatable bonds is 5. The lowest BCUT2D eigenvalue weighted by atomic mass is 10.2. The smallest absolute Gasteiger partial charge is 0.191 e. The molecule has 102 valence electrons. The van der Waals surface area contributed by atoms with Crippen LogP contribution in [0.4, 0.5) is 4.39 Å². The van der Waals surface area contributed by atoms with Crippen LogP contribution in [0.1, 0.15) is 6.42 Å². The van der Waals surface area contributed by atoms with Gasteiger partial charge in [-0.3, -0.25) is 0 Å². The molecular formula is C12H12BrClFN3S. The summed E-state index contributed by atoms with van der Waals surface area (Å²) in [6.07, 6.45) is 0.927. The molecule has 0 radical (unpaired) electrons. The van der Waals surface area contributed by atoms with Crippen molar-refractivity contribution < 1.29 is 4.39 Å². The molecule has 0 saturated carbocycles. The Labute approximate surface area is 128 Å². The Balaban J connectivity index is 2.23. The van der Waals surface area contributed by atoms with E-state index in [-0.39, 0.29) is 5.82 Å². The molecule has 0 saturated heterocycles. The average molecular weight is 365 g/mol. The van der Waals surface area contributed by atoms with Crippen LogP contribution >= 0.6 is 39.3 Å². The van der Waals surface area contributed by atoms with Gasteiger partial charge in [0.25, 0.3) is 0 Å². The maximum atomic E-state index is 13.2. The zero-order chi connectivity index (χ0) is 13.8. The molecule has 19 heavy (non-hydrogen) atoms. The number of hydrogen-bond donors (Lipinski definition) is 0. The van der Waals surface area contributed by atoms with E-state index in [1.165, 1.54) is 6.07 Å². The molecule has 7 heteroatoms. The number of aromatic nitrogens is 3. The van der Waals surface area contributed by atoms with Gasteiger partial charge in [-0.05, 0) is 40.5 Å². The molecule has 2 aromatic rings. The minimum absolute atomic E-state index is 0.289. The second-order valence-electron chi connectivity index (χ2n) is 3.89. The molecule has 0 aliphatic carbocycles. The number of nitrogens with zero attached hydrogens (tertiary/aromatic N) is 3. The van der Waals surface area contributed by atoms with Crippen LogP contribution < -0.4 is 0 Å². The second-order valence-corrected chi connectivity index (χ2v) is 6.18. The number of thioether (sulfide) groups is 1. The summed E-state index contributed by atoms with van der Waals surface area (Å²) in [5, 5.41) is 9.13. The molecule has 1 heterocycles. The first-order valence-corrected chi connectivity index (χ1v) is 7.98. The molecule has 2 rings (SSSR count). The molecule has 1 aromatic carbocycles. The predicted octanol–water partition coefficient (Wildman–Crippen LogP) is 4.10. The molecule has 1 aromatic heterocycles. The van der Waals surface area contributed by atoms with Crippen LogP contribution in [0.3, 0.4) is 0 Å². The van der Waals surface area contributed by atoms with Gasteiger partial charge in [-0.2, -0.15) is 0 Å². The number of hydrogen-bond acceptors (Lipinski definition) is 3. The fourth-order valence-electron chi connectivity index (χ4n) is 1.55. The molecule has 0 amide bonds. The Kier molecular flexibility index (Phi) is 5.24. The van der Waals surface area contributed by atoms with Crippen molar-refractivity contribution in [2.45, 2.75) is 11.6 Å². The first-order chi connectivity index (χ1) is 9.13. The van der Waals surface area contributed by atoms with Gasteiger partial charge in [-0.25, -0.2) is 4.39 Å². The molecule has 0 N–H and O–H groups in total. The monoisotopic (exact) mass is 363 g/mol. The van der Waals surface area contributed by atoms with Gasteiger partial charge in [0.1, 0.15) is 5.82 Å². The fraction of sp³-hybridized carbons (Fsp3) is 0.333. The van der Waals surface area contributed by atoms with Crippen LogP contribution in [0.25, 0.3) is 11.4 Å². The molecular weight excluding hydrogens is 353 g/mol. The third-order valence-electron chi connectivity index (χ3n) is 2.52. The zero-order valence-electron chi connectivity index (χ0n) is 10.2. The Morgan fingerprint density at radius 3 is 2.89 bits per heavy atom. The van der Waals surface area contributed by atoms with Crippen molar-refractivity contribution in [1.29, 1.82) is 0 Å². The van der Waals surface area contributed by atoms with E-state index in [9.17, 15) is 4.39 Å². The van der Waals surface area contributed by atoms with Gasteiger partial charge >= 0.3 is 0 Å². The van der Waals surface area contributed by atoms with Crippen LogP contribution in [-0.2, 0) is 7.05 Å². The van der Waals surface area contributed by atoms with E-state index in [4.69, 9.17) is 11.6 Å². The van der Waals surface area contributed by atoms with E-state index in [1.807, 2.05) is 11.6 Å². The maximum absolute atomic E-state index is 13.2. The van der Waals surface area contributed by atoms with Crippen molar-refractivity contribution in [3.8, 4) is 11.4 Å². The topological polar surface area (TPSA) is 30.7 Å². The molecule has 0 aliphatic rings. The summed E-state index contributed by atoms with van der Waals surface area (Å²) < 4.78 is 15.5. The Hall–Kier alpha value is -0.590. The van der Waals surface area contributed by atoms with E-state index in [1.54, 1.807) is 23.9 Å². The van der Waals surface area contributed by atoms with E-state index in [0.717, 1.165) is 22.9 Å². The van der Waals surface area contributed by atoms with Crippen LogP contribution in [0, 0.1) is 5.82 Å². The number of benzene rings is 1. The first kappa shape index (κ1) is 14.8. The second kappa shape index (κ2) is 6.72. The third-order valence-corrected chi connectivity index (χ3v) is 4.50. The van der Waals surface area contributed by atoms with Crippen LogP contribution in [0.5, 0.6) is 0 Å². The van der Waals surface area contributed by atoms with Gasteiger partial charge in [0.15, 0.2) is 11.0 Å². The number of halogens is 3. The van der Waals surface area contributed by atoms with Gasteiger partial charge in [-0.15, -0.1) is 21.8 Å². The van der Waals surface area contributed by atoms with Crippen molar-refractivity contribution in [2.24, 2.45) is 7.05 Å². The highest BCUT2D eigenvalue weighted by Gasteiger charge is 2.12. The third kappa shape index (κ3) is 3.49. The molecule has 0 spiro atoms. The van der Waals surface area contributed by atoms with Gasteiger partial charge in [0.05, 0.1) is 4.47 Å². The Bertz CT molecular complexity index is 576. The van der Waals surface area contributed by atoms with E-state index in [2.05, 4.69) is 26.1 Å². The minimum Gasteiger partial charge on any atom is -0.305 e. The van der Waals surface area contributed by atoms with Gasteiger partial charge in [0, 0.05) is 24.2 Å². The first-order valence-electron chi connectivity index (χ1n) is 5.67. The standard InChI is InChI=1S/C12H12BrClFN3S/c1-18-11(8-3-4-10(15)9(13)7-8)16-17-12(18)19-6-2-5-14/h3-4,7H,2,5-6H2,1H3. The molecule has 0 fully saturated rings. The van der Waals surface area contributed by atoms with Crippen LogP contribution in [-0.4, -0.2) is 26.4 Å². The summed E-state index contributed by atoms with van der Waals surface area (Å²) in [5.41, 5.74) is 0.826. The molecule has 0 unspecified atom stereocenters. The SMILES string of the molecule is Cn1c(SCCCCl)nnc1-c1ccc(F)c(Br)c1. The predicted molar refractivity (Wildman–Crippen MR) is 80.2 cm³/mol. The van der Waals surface area contributed by atoms with Gasteiger partial charge in [0.2, 0.25) is 0 Å². The largest absolute Gasteiger partial charge is 0.305 e. The van der Waals surface area contributed by atoms with Gasteiger partial charge < -0.3 is 4.57 Å². The van der Waals surface area contributed by atoms with Crippen molar-refractivity contribution >= 4 is 39.3 Å². The lowest BCUT2D eigenvalue weighted by Crippen LogP contribution is -1.96. The lowest BCUT2D eigenvalue weighted by Gasteiger charge is -2.04. The zero-order valence-corrected chi connectivity index (χ0v) is 13.4. The fourth-order valence-corrected chi connectivity index (χ4v) is 3.07. The van der Waals surface area contributed by atoms with Crippen molar-refractivity contribution in [3.63, 3.8) is 0 Å². The maximum Gasteiger partial charge on any atom is 0.191 e. The van der Waals surface area contributed by atoms with Crippen molar-refractivity contribution in [2.75, 3.05) is 11.6 Å². The van der Waals surface area contributed by atoms with E-state index >= 15 is 0 Å². The highest BCUT2D eigenvalue weighted by atomic mass is 79.9. The molecule has 0 bridgehead atoms. The summed E-state index contributed by atoms with van der Waals surface area (Å²) in [4.78, 5) is 0. The van der Waals surface area contributed by atoms with Crippen LogP contribution in [0.15, 0.2) is 27.8 Å². The number of alkyl halides is 1. The van der Waals surface area contributed by atoms with Crippen molar-refractivity contribution in [3.05, 3.63) is 28.5 Å². The highest BCUT2D eigenvalue weighted by molar-refractivity contribution is 9.10. The summed E-state index contributed by atoms with van der Waals surface area (Å²) in [6.45, 7) is 0. The summed E-state index contributed by atoms with van der Waals surface area (Å²) in [5.74, 6) is 1.97. The summed E-state index contributed by atoms with van der Waals surface area (Å²) in [7, 11) is 1.90. The van der Waals surface area contributed by atoms with E-state index in [0.29, 0.717) is 16.2 Å². The van der Waals surface area contributed by atoms with E-state index < -0.39 is 0 Å². The normalized spacial score (nSPS) is 10.9. The average Bonchev–Trinajstić information content (AvgIpc) is 2.75. The quantitative estimate of drug-likeness (QED) is 0.454.